The molecule has 3 aromatic rings. The van der Waals surface area contributed by atoms with Crippen LogP contribution in [0.15, 0.2) is 40.2 Å². The van der Waals surface area contributed by atoms with Crippen molar-refractivity contribution < 1.29 is 14.3 Å². The molecule has 35 heavy (non-hydrogen) atoms. The van der Waals surface area contributed by atoms with Gasteiger partial charge in [0.1, 0.15) is 5.82 Å². The maximum Gasteiger partial charge on any atom is 0.338 e. The fourth-order valence-corrected chi connectivity index (χ4v) is 5.10. The summed E-state index contributed by atoms with van der Waals surface area (Å²) in [4.78, 5) is 20.5. The zero-order valence-corrected chi connectivity index (χ0v) is 21.0. The molecule has 0 aromatic carbocycles. The Morgan fingerprint density at radius 3 is 2.69 bits per heavy atom. The van der Waals surface area contributed by atoms with Crippen LogP contribution in [0.3, 0.4) is 0 Å². The molecule has 0 spiro atoms. The van der Waals surface area contributed by atoms with Crippen molar-refractivity contribution in [3.05, 3.63) is 46.5 Å². The summed E-state index contributed by atoms with van der Waals surface area (Å²) in [6.45, 7) is 1.92. The average molecular weight is 544 g/mol. The topological polar surface area (TPSA) is 131 Å². The van der Waals surface area contributed by atoms with Crippen LogP contribution in [0, 0.1) is 5.92 Å². The molecule has 0 saturated heterocycles. The minimum atomic E-state index is -1.83. The van der Waals surface area contributed by atoms with Gasteiger partial charge in [0.25, 0.3) is 0 Å². The first-order valence-corrected chi connectivity index (χ1v) is 12.2. The number of nitrogens with one attached hydrogen (secondary N) is 1. The normalized spacial score (nSPS) is 19.8. The lowest BCUT2D eigenvalue weighted by molar-refractivity contribution is -0.145. The summed E-state index contributed by atoms with van der Waals surface area (Å²) in [7, 11) is 1.73. The van der Waals surface area contributed by atoms with Crippen molar-refractivity contribution in [2.24, 2.45) is 11.0 Å². The number of hydrazone groups is 1. The molecule has 11 heteroatoms. The Morgan fingerprint density at radius 1 is 1.34 bits per heavy atom. The van der Waals surface area contributed by atoms with E-state index in [4.69, 9.17) is 15.8 Å². The van der Waals surface area contributed by atoms with E-state index in [0.717, 1.165) is 28.1 Å². The Hall–Kier alpha value is -3.34. The number of aromatic nitrogens is 4. The number of aliphatic carboxylic acids is 1. The van der Waals surface area contributed by atoms with Gasteiger partial charge >= 0.3 is 5.97 Å². The highest BCUT2D eigenvalue weighted by Gasteiger charge is 2.34. The van der Waals surface area contributed by atoms with Gasteiger partial charge in [-0.2, -0.15) is 14.7 Å². The number of nitrogens with zero attached hydrogens (tertiary/aromatic N) is 5. The lowest BCUT2D eigenvalue weighted by atomic mass is 9.78. The first kappa shape index (κ1) is 24.8. The molecule has 1 fully saturated rings. The number of carboxylic acids is 1. The third-order valence-corrected chi connectivity index (χ3v) is 7.28. The van der Waals surface area contributed by atoms with E-state index in [9.17, 15) is 9.18 Å². The van der Waals surface area contributed by atoms with Crippen LogP contribution in [0.4, 0.5) is 10.2 Å². The molecule has 0 aliphatic heterocycles. The van der Waals surface area contributed by atoms with E-state index in [1.165, 1.54) is 0 Å². The third-order valence-electron chi connectivity index (χ3n) is 6.47. The van der Waals surface area contributed by atoms with Crippen LogP contribution in [0.1, 0.15) is 49.9 Å². The van der Waals surface area contributed by atoms with Gasteiger partial charge in [-0.3, -0.25) is 4.98 Å². The standard InChI is InChI=1S/C24H27BrFN7O2/c1-3-13(11-30-28-2)18-9-8-16(10-29-18)17-12-31-33-22(27)19(25)21(32-23(17)33)15-6-4-14(5-7-15)20(26)24(34)35/h3,8-12,14-15,20,28H,4-7,27H2,1-2H3,(H,34,35)/b13-3+,30-11-. The molecular weight excluding hydrogens is 517 g/mol. The molecule has 0 bridgehead atoms. The molecule has 3 aromatic heterocycles. The Balaban J connectivity index is 1.65. The number of nitrogen functional groups attached to an aromatic ring is 1. The number of rotatable bonds is 7. The zero-order chi connectivity index (χ0) is 25.1. The van der Waals surface area contributed by atoms with Gasteiger partial charge in [0, 0.05) is 41.8 Å². The van der Waals surface area contributed by atoms with Crippen molar-refractivity contribution in [3.63, 3.8) is 0 Å². The number of carboxylic acid groups (broad SMARTS) is 1. The molecule has 1 atom stereocenters. The van der Waals surface area contributed by atoms with Crippen LogP contribution >= 0.6 is 15.9 Å². The van der Waals surface area contributed by atoms with E-state index in [1.54, 1.807) is 30.2 Å². The molecule has 1 unspecified atom stereocenters. The number of fused-ring (bicyclic) bond motifs is 1. The van der Waals surface area contributed by atoms with Gasteiger partial charge < -0.3 is 16.3 Å². The van der Waals surface area contributed by atoms with Crippen molar-refractivity contribution >= 4 is 45.2 Å². The third kappa shape index (κ3) is 4.90. The van der Waals surface area contributed by atoms with E-state index in [1.807, 2.05) is 25.1 Å². The van der Waals surface area contributed by atoms with Crippen LogP contribution in [-0.2, 0) is 4.79 Å². The number of halogens is 2. The highest BCUT2D eigenvalue weighted by atomic mass is 79.9. The number of nitrogens with two attached hydrogens (primary N) is 1. The van der Waals surface area contributed by atoms with E-state index < -0.39 is 18.1 Å². The quantitative estimate of drug-likeness (QED) is 0.296. The molecular formula is C24H27BrFN7O2. The first-order valence-electron chi connectivity index (χ1n) is 11.4. The van der Waals surface area contributed by atoms with E-state index in [2.05, 4.69) is 36.5 Å². The molecule has 4 N–H and O–H groups in total. The van der Waals surface area contributed by atoms with E-state index in [0.29, 0.717) is 41.6 Å². The van der Waals surface area contributed by atoms with Gasteiger partial charge in [0.05, 0.1) is 28.3 Å². The summed E-state index contributed by atoms with van der Waals surface area (Å²) in [5.41, 5.74) is 13.8. The SMILES string of the molecule is C/C=C(\C=N/NC)c1ccc(-c2cnn3c(N)c(Br)c(C4CCC(C(F)C(=O)O)CC4)nc23)cn1. The lowest BCUT2D eigenvalue weighted by Gasteiger charge is -2.29. The van der Waals surface area contributed by atoms with E-state index in [-0.39, 0.29) is 5.92 Å². The molecule has 1 aliphatic rings. The number of pyridine rings is 1. The van der Waals surface area contributed by atoms with Crippen molar-refractivity contribution in [2.45, 2.75) is 44.7 Å². The number of hydrogen-bond acceptors (Lipinski definition) is 7. The van der Waals surface area contributed by atoms with Crippen molar-refractivity contribution in [1.29, 1.82) is 0 Å². The Labute approximate surface area is 210 Å². The van der Waals surface area contributed by atoms with Gasteiger partial charge in [0.15, 0.2) is 11.8 Å². The van der Waals surface area contributed by atoms with Gasteiger partial charge in [-0.15, -0.1) is 0 Å². The van der Waals surface area contributed by atoms with Crippen LogP contribution in [0.2, 0.25) is 0 Å². The summed E-state index contributed by atoms with van der Waals surface area (Å²) in [6, 6.07) is 3.87. The fraction of sp³-hybridized carbons (Fsp3) is 0.375. The first-order chi connectivity index (χ1) is 16.8. The largest absolute Gasteiger partial charge is 0.479 e. The minimum Gasteiger partial charge on any atom is -0.479 e. The maximum atomic E-state index is 14.0. The second-order valence-corrected chi connectivity index (χ2v) is 9.29. The average Bonchev–Trinajstić information content (AvgIpc) is 3.31. The number of carbonyl (C=O) groups is 1. The monoisotopic (exact) mass is 543 g/mol. The molecule has 1 saturated carbocycles. The summed E-state index contributed by atoms with van der Waals surface area (Å²) >= 11 is 3.57. The molecule has 0 radical (unpaired) electrons. The van der Waals surface area contributed by atoms with Crippen LogP contribution in [0.25, 0.3) is 22.3 Å². The molecule has 9 nitrogen and oxygen atoms in total. The van der Waals surface area contributed by atoms with Gasteiger partial charge in [-0.05, 0) is 54.6 Å². The predicted octanol–water partition coefficient (Wildman–Crippen LogP) is 4.44. The van der Waals surface area contributed by atoms with E-state index >= 15 is 0 Å². The second-order valence-electron chi connectivity index (χ2n) is 8.50. The van der Waals surface area contributed by atoms with Crippen LogP contribution in [0.5, 0.6) is 0 Å². The Bertz CT molecular complexity index is 1280. The summed E-state index contributed by atoms with van der Waals surface area (Å²) in [5.74, 6) is -1.39. The molecule has 0 amide bonds. The van der Waals surface area contributed by atoms with Crippen molar-refractivity contribution in [1.82, 2.24) is 25.0 Å². The summed E-state index contributed by atoms with van der Waals surface area (Å²) < 4.78 is 16.2. The summed E-state index contributed by atoms with van der Waals surface area (Å²) in [5, 5.41) is 17.5. The fourth-order valence-electron chi connectivity index (χ4n) is 4.52. The highest BCUT2D eigenvalue weighted by Crippen LogP contribution is 2.41. The van der Waals surface area contributed by atoms with Crippen molar-refractivity contribution in [3.8, 4) is 11.1 Å². The van der Waals surface area contributed by atoms with Crippen LogP contribution in [-0.4, -0.2) is 50.1 Å². The Morgan fingerprint density at radius 2 is 2.09 bits per heavy atom. The molecule has 3 heterocycles. The maximum absolute atomic E-state index is 14.0. The number of allylic oxidation sites excluding steroid dienone is 2. The predicted molar refractivity (Wildman–Crippen MR) is 137 cm³/mol. The van der Waals surface area contributed by atoms with Crippen molar-refractivity contribution in [2.75, 3.05) is 12.8 Å². The lowest BCUT2D eigenvalue weighted by Crippen LogP contribution is -2.28. The minimum absolute atomic E-state index is 0.0425. The smallest absolute Gasteiger partial charge is 0.338 e. The highest BCUT2D eigenvalue weighted by molar-refractivity contribution is 9.10. The van der Waals surface area contributed by atoms with Gasteiger partial charge in [0.2, 0.25) is 0 Å². The molecule has 1 aliphatic carbocycles. The van der Waals surface area contributed by atoms with Crippen LogP contribution < -0.4 is 11.2 Å². The summed E-state index contributed by atoms with van der Waals surface area (Å²) in [6.07, 6.45) is 7.53. The zero-order valence-electron chi connectivity index (χ0n) is 19.4. The number of anilines is 1. The van der Waals surface area contributed by atoms with Gasteiger partial charge in [-0.25, -0.2) is 14.2 Å². The second kappa shape index (κ2) is 10.5. The molecule has 4 rings (SSSR count). The Kier molecular flexibility index (Phi) is 7.44. The molecule has 184 valence electrons. The number of hydrogen-bond donors (Lipinski definition) is 3. The number of alkyl halides is 1. The van der Waals surface area contributed by atoms with Gasteiger partial charge in [-0.1, -0.05) is 12.1 Å².